The van der Waals surface area contributed by atoms with Crippen LogP contribution in [0.1, 0.15) is 5.56 Å². The first-order valence-corrected chi connectivity index (χ1v) is 6.78. The van der Waals surface area contributed by atoms with E-state index < -0.39 is 0 Å². The highest BCUT2D eigenvalue weighted by Crippen LogP contribution is 2.20. The van der Waals surface area contributed by atoms with Crippen LogP contribution in [0.4, 0.5) is 0 Å². The normalized spacial score (nSPS) is 11.0. The van der Waals surface area contributed by atoms with Crippen molar-refractivity contribution in [2.45, 2.75) is 6.54 Å². The molecule has 18 heavy (non-hydrogen) atoms. The SMILES string of the molecule is NCc1ccc(-n2ncc3cc(I)ccc32)cc1. The van der Waals surface area contributed by atoms with Crippen LogP contribution in [-0.2, 0) is 6.54 Å². The molecular weight excluding hydrogens is 337 g/mol. The van der Waals surface area contributed by atoms with E-state index in [1.807, 2.05) is 35.1 Å². The molecule has 1 heterocycles. The maximum atomic E-state index is 5.60. The lowest BCUT2D eigenvalue weighted by Crippen LogP contribution is -1.99. The minimum Gasteiger partial charge on any atom is -0.326 e. The van der Waals surface area contributed by atoms with E-state index in [2.05, 4.69) is 45.9 Å². The number of fused-ring (bicyclic) bond motifs is 1. The van der Waals surface area contributed by atoms with Gasteiger partial charge in [0.2, 0.25) is 0 Å². The number of nitrogens with zero attached hydrogens (tertiary/aromatic N) is 2. The quantitative estimate of drug-likeness (QED) is 0.723. The molecule has 3 aromatic rings. The lowest BCUT2D eigenvalue weighted by Gasteiger charge is -2.04. The van der Waals surface area contributed by atoms with E-state index in [4.69, 9.17) is 5.73 Å². The van der Waals surface area contributed by atoms with Gasteiger partial charge in [-0.1, -0.05) is 12.1 Å². The summed E-state index contributed by atoms with van der Waals surface area (Å²) in [5.74, 6) is 0. The number of aromatic nitrogens is 2. The van der Waals surface area contributed by atoms with Crippen molar-refractivity contribution in [2.24, 2.45) is 5.73 Å². The van der Waals surface area contributed by atoms with Crippen molar-refractivity contribution in [2.75, 3.05) is 0 Å². The molecule has 0 atom stereocenters. The average molecular weight is 349 g/mol. The molecule has 4 heteroatoms. The van der Waals surface area contributed by atoms with Crippen LogP contribution >= 0.6 is 22.6 Å². The molecule has 0 spiro atoms. The molecule has 0 radical (unpaired) electrons. The summed E-state index contributed by atoms with van der Waals surface area (Å²) in [6.45, 7) is 0.568. The summed E-state index contributed by atoms with van der Waals surface area (Å²) in [4.78, 5) is 0. The molecular formula is C14H12IN3. The molecule has 0 saturated heterocycles. The first-order chi connectivity index (χ1) is 8.78. The fourth-order valence-electron chi connectivity index (χ4n) is 1.98. The van der Waals surface area contributed by atoms with E-state index in [-0.39, 0.29) is 0 Å². The van der Waals surface area contributed by atoms with Gasteiger partial charge in [0, 0.05) is 15.5 Å². The zero-order valence-corrected chi connectivity index (χ0v) is 11.8. The maximum Gasteiger partial charge on any atom is 0.0741 e. The summed E-state index contributed by atoms with van der Waals surface area (Å²) in [6.07, 6.45) is 1.90. The fourth-order valence-corrected chi connectivity index (χ4v) is 2.50. The zero-order valence-electron chi connectivity index (χ0n) is 9.68. The van der Waals surface area contributed by atoms with Crippen LogP contribution in [0.5, 0.6) is 0 Å². The lowest BCUT2D eigenvalue weighted by atomic mass is 10.2. The van der Waals surface area contributed by atoms with Gasteiger partial charge in [-0.2, -0.15) is 5.10 Å². The molecule has 3 rings (SSSR count). The molecule has 0 aliphatic carbocycles. The topological polar surface area (TPSA) is 43.8 Å². The Hall–Kier alpha value is -1.40. The minimum atomic E-state index is 0.568. The van der Waals surface area contributed by atoms with E-state index in [9.17, 15) is 0 Å². The molecule has 90 valence electrons. The van der Waals surface area contributed by atoms with Crippen molar-refractivity contribution >= 4 is 33.5 Å². The summed E-state index contributed by atoms with van der Waals surface area (Å²) in [6, 6.07) is 14.5. The van der Waals surface area contributed by atoms with Gasteiger partial charge in [-0.05, 0) is 58.5 Å². The number of halogens is 1. The standard InChI is InChI=1S/C14H12IN3/c15-12-3-6-14-11(7-12)9-17-18(14)13-4-1-10(8-16)2-5-13/h1-7,9H,8,16H2. The van der Waals surface area contributed by atoms with Crippen molar-refractivity contribution < 1.29 is 0 Å². The number of nitrogens with two attached hydrogens (primary N) is 1. The van der Waals surface area contributed by atoms with Crippen LogP contribution in [0.15, 0.2) is 48.7 Å². The van der Waals surface area contributed by atoms with Gasteiger partial charge in [-0.15, -0.1) is 0 Å². The molecule has 1 aromatic heterocycles. The molecule has 2 aromatic carbocycles. The Kier molecular flexibility index (Phi) is 3.05. The summed E-state index contributed by atoms with van der Waals surface area (Å²) in [5, 5.41) is 5.60. The second kappa shape index (κ2) is 4.70. The van der Waals surface area contributed by atoms with Gasteiger partial charge in [0.1, 0.15) is 0 Å². The molecule has 0 fully saturated rings. The smallest absolute Gasteiger partial charge is 0.0741 e. The Morgan fingerprint density at radius 2 is 1.89 bits per heavy atom. The molecule has 3 nitrogen and oxygen atoms in total. The van der Waals surface area contributed by atoms with Gasteiger partial charge >= 0.3 is 0 Å². The molecule has 0 unspecified atom stereocenters. The third-order valence-electron chi connectivity index (χ3n) is 2.95. The molecule has 0 aliphatic heterocycles. The predicted octanol–water partition coefficient (Wildman–Crippen LogP) is 3.09. The number of rotatable bonds is 2. The minimum absolute atomic E-state index is 0.568. The van der Waals surface area contributed by atoms with E-state index >= 15 is 0 Å². The lowest BCUT2D eigenvalue weighted by molar-refractivity contribution is 0.908. The van der Waals surface area contributed by atoms with Crippen LogP contribution in [0, 0.1) is 3.57 Å². The van der Waals surface area contributed by atoms with Gasteiger partial charge in [-0.25, -0.2) is 4.68 Å². The Labute approximate surface area is 119 Å². The Bertz CT molecular complexity index is 686. The third kappa shape index (κ3) is 2.02. The van der Waals surface area contributed by atoms with Crippen LogP contribution in [0.25, 0.3) is 16.6 Å². The van der Waals surface area contributed by atoms with Crippen LogP contribution in [0.3, 0.4) is 0 Å². The van der Waals surface area contributed by atoms with Crippen molar-refractivity contribution in [1.82, 2.24) is 9.78 Å². The maximum absolute atomic E-state index is 5.60. The molecule has 2 N–H and O–H groups in total. The summed E-state index contributed by atoms with van der Waals surface area (Å²) < 4.78 is 3.17. The second-order valence-electron chi connectivity index (χ2n) is 4.13. The summed E-state index contributed by atoms with van der Waals surface area (Å²) in [7, 11) is 0. The highest BCUT2D eigenvalue weighted by Gasteiger charge is 2.04. The number of benzene rings is 2. The molecule has 0 bridgehead atoms. The van der Waals surface area contributed by atoms with Crippen LogP contribution in [-0.4, -0.2) is 9.78 Å². The Balaban J connectivity index is 2.13. The van der Waals surface area contributed by atoms with Crippen molar-refractivity contribution in [3.8, 4) is 5.69 Å². The van der Waals surface area contributed by atoms with Gasteiger partial charge in [0.05, 0.1) is 17.4 Å². The largest absolute Gasteiger partial charge is 0.326 e. The van der Waals surface area contributed by atoms with Gasteiger partial charge in [0.25, 0.3) is 0 Å². The van der Waals surface area contributed by atoms with E-state index in [0.29, 0.717) is 6.54 Å². The zero-order chi connectivity index (χ0) is 12.5. The molecule has 0 aliphatic rings. The third-order valence-corrected chi connectivity index (χ3v) is 3.62. The summed E-state index contributed by atoms with van der Waals surface area (Å²) >= 11 is 2.31. The van der Waals surface area contributed by atoms with E-state index in [0.717, 1.165) is 22.2 Å². The number of hydrogen-bond donors (Lipinski definition) is 1. The predicted molar refractivity (Wildman–Crippen MR) is 81.7 cm³/mol. The fraction of sp³-hybridized carbons (Fsp3) is 0.0714. The first kappa shape index (κ1) is 11.7. The highest BCUT2D eigenvalue weighted by atomic mass is 127. The number of hydrogen-bond acceptors (Lipinski definition) is 2. The van der Waals surface area contributed by atoms with Crippen molar-refractivity contribution in [1.29, 1.82) is 0 Å². The van der Waals surface area contributed by atoms with Crippen LogP contribution in [0.2, 0.25) is 0 Å². The highest BCUT2D eigenvalue weighted by molar-refractivity contribution is 14.1. The molecule has 0 saturated carbocycles. The Morgan fingerprint density at radius 3 is 2.61 bits per heavy atom. The monoisotopic (exact) mass is 349 g/mol. The molecule has 0 amide bonds. The Morgan fingerprint density at radius 1 is 1.11 bits per heavy atom. The summed E-state index contributed by atoms with van der Waals surface area (Å²) in [5.41, 5.74) is 8.91. The van der Waals surface area contributed by atoms with Gasteiger partial charge < -0.3 is 5.73 Å². The average Bonchev–Trinajstić information content (AvgIpc) is 2.81. The van der Waals surface area contributed by atoms with E-state index in [1.54, 1.807) is 0 Å². The van der Waals surface area contributed by atoms with Crippen molar-refractivity contribution in [3.05, 3.63) is 57.8 Å². The first-order valence-electron chi connectivity index (χ1n) is 5.70. The second-order valence-corrected chi connectivity index (χ2v) is 5.38. The van der Waals surface area contributed by atoms with Gasteiger partial charge in [-0.3, -0.25) is 0 Å². The van der Waals surface area contributed by atoms with E-state index in [1.165, 1.54) is 3.57 Å². The van der Waals surface area contributed by atoms with Crippen LogP contribution < -0.4 is 5.73 Å². The van der Waals surface area contributed by atoms with Gasteiger partial charge in [0.15, 0.2) is 0 Å². The van der Waals surface area contributed by atoms with Crippen molar-refractivity contribution in [3.63, 3.8) is 0 Å².